The molecule has 0 bridgehead atoms. The number of fused-ring (bicyclic) bond motifs is 1. The average Bonchev–Trinajstić information content (AvgIpc) is 2.55. The average molecular weight is 310 g/mol. The van der Waals surface area contributed by atoms with E-state index in [4.69, 9.17) is 4.74 Å². The van der Waals surface area contributed by atoms with E-state index in [9.17, 15) is 10.1 Å². The van der Waals surface area contributed by atoms with Crippen LogP contribution in [0.25, 0.3) is 5.70 Å². The Kier molecular flexibility index (Phi) is 3.99. The van der Waals surface area contributed by atoms with Gasteiger partial charge in [0.05, 0.1) is 11.3 Å². The van der Waals surface area contributed by atoms with Crippen LogP contribution in [0.4, 0.5) is 0 Å². The molecule has 1 aliphatic heterocycles. The Balaban J connectivity index is 2.03. The predicted molar refractivity (Wildman–Crippen MR) is 88.6 cm³/mol. The van der Waals surface area contributed by atoms with Crippen molar-refractivity contribution in [1.29, 1.82) is 5.26 Å². The molecule has 4 heteroatoms. The molecule has 3 rings (SSSR count). The van der Waals surface area contributed by atoms with Crippen molar-refractivity contribution < 1.29 is 9.53 Å². The smallest absolute Gasteiger partial charge is 0.179 e. The summed E-state index contributed by atoms with van der Waals surface area (Å²) in [6, 6.07) is 8.29. The number of ketones is 1. The molecule has 1 aromatic rings. The molecule has 1 aliphatic carbocycles. The fourth-order valence-corrected chi connectivity index (χ4v) is 3.44. The molecule has 120 valence electrons. The first-order valence-electron chi connectivity index (χ1n) is 8.05. The van der Waals surface area contributed by atoms with E-state index in [1.807, 2.05) is 19.1 Å². The lowest BCUT2D eigenvalue weighted by Gasteiger charge is -2.41. The molecule has 1 saturated heterocycles. The van der Waals surface area contributed by atoms with Gasteiger partial charge in [-0.05, 0) is 38.3 Å². The van der Waals surface area contributed by atoms with Crippen LogP contribution in [0, 0.1) is 18.3 Å². The summed E-state index contributed by atoms with van der Waals surface area (Å²) < 4.78 is 5.60. The van der Waals surface area contributed by atoms with E-state index in [1.54, 1.807) is 7.11 Å². The molecule has 4 nitrogen and oxygen atoms in total. The number of piperidine rings is 1. The number of nitriles is 1. The number of Topliss-reactive ketones (excluding diaryl/α,β-unsaturated/α-hetero) is 1. The standard InChI is InChI=1S/C19H22N2O2/c1-13-4-5-14-11-17(22)16(12-20)18(15(14)10-13)21-8-6-19(2,23-3)7-9-21/h4-5,10H,6-9,11H2,1-3H3. The fraction of sp³-hybridized carbons (Fsp3) is 0.474. The van der Waals surface area contributed by atoms with Gasteiger partial charge in [-0.1, -0.05) is 17.7 Å². The van der Waals surface area contributed by atoms with Gasteiger partial charge in [0.15, 0.2) is 5.78 Å². The highest BCUT2D eigenvalue weighted by Crippen LogP contribution is 2.36. The van der Waals surface area contributed by atoms with Gasteiger partial charge in [0.1, 0.15) is 11.6 Å². The number of aryl methyl sites for hydroxylation is 1. The predicted octanol–water partition coefficient (Wildman–Crippen LogP) is 2.86. The molecular formula is C19H22N2O2. The van der Waals surface area contributed by atoms with E-state index >= 15 is 0 Å². The summed E-state index contributed by atoms with van der Waals surface area (Å²) in [5, 5.41) is 9.53. The third-order valence-electron chi connectivity index (χ3n) is 5.13. The minimum absolute atomic E-state index is 0.0704. The van der Waals surface area contributed by atoms with Gasteiger partial charge in [-0.25, -0.2) is 0 Å². The first kappa shape index (κ1) is 15.8. The third-order valence-corrected chi connectivity index (χ3v) is 5.13. The highest BCUT2D eigenvalue weighted by Gasteiger charge is 2.35. The first-order chi connectivity index (χ1) is 11.0. The zero-order valence-electron chi connectivity index (χ0n) is 14.0. The van der Waals surface area contributed by atoms with Crippen LogP contribution >= 0.6 is 0 Å². The van der Waals surface area contributed by atoms with E-state index < -0.39 is 0 Å². The summed E-state index contributed by atoms with van der Waals surface area (Å²) in [5.41, 5.74) is 4.23. The summed E-state index contributed by atoms with van der Waals surface area (Å²) >= 11 is 0. The number of likely N-dealkylation sites (tertiary alicyclic amines) is 1. The number of rotatable bonds is 2. The fourth-order valence-electron chi connectivity index (χ4n) is 3.44. The maximum absolute atomic E-state index is 12.4. The maximum atomic E-state index is 12.4. The van der Waals surface area contributed by atoms with E-state index in [0.717, 1.165) is 48.3 Å². The zero-order valence-corrected chi connectivity index (χ0v) is 14.0. The van der Waals surface area contributed by atoms with Crippen molar-refractivity contribution in [2.45, 2.75) is 38.7 Å². The number of carbonyl (C=O) groups is 1. The Hall–Kier alpha value is -2.12. The molecule has 0 spiro atoms. The van der Waals surface area contributed by atoms with Gasteiger partial charge in [0.25, 0.3) is 0 Å². The Bertz CT molecular complexity index is 719. The Labute approximate surface area is 137 Å². The first-order valence-corrected chi connectivity index (χ1v) is 8.05. The van der Waals surface area contributed by atoms with Gasteiger partial charge in [0, 0.05) is 32.2 Å². The minimum atomic E-state index is -0.113. The largest absolute Gasteiger partial charge is 0.378 e. The molecule has 1 aromatic carbocycles. The van der Waals surface area contributed by atoms with Crippen LogP contribution < -0.4 is 0 Å². The molecule has 0 aromatic heterocycles. The second-order valence-electron chi connectivity index (χ2n) is 6.74. The third kappa shape index (κ3) is 2.77. The number of hydrogen-bond acceptors (Lipinski definition) is 4. The monoisotopic (exact) mass is 310 g/mol. The van der Waals surface area contributed by atoms with Crippen LogP contribution in [0.3, 0.4) is 0 Å². The normalized spacial score (nSPS) is 20.3. The molecular weight excluding hydrogens is 288 g/mol. The van der Waals surface area contributed by atoms with Crippen molar-refractivity contribution in [3.8, 4) is 6.07 Å². The number of methoxy groups -OCH3 is 1. The highest BCUT2D eigenvalue weighted by atomic mass is 16.5. The topological polar surface area (TPSA) is 53.3 Å². The van der Waals surface area contributed by atoms with Gasteiger partial charge in [-0.3, -0.25) is 4.79 Å². The number of nitrogens with zero attached hydrogens (tertiary/aromatic N) is 2. The number of allylic oxidation sites excluding steroid dienone is 1. The van der Waals surface area contributed by atoms with Gasteiger partial charge in [-0.2, -0.15) is 5.26 Å². The molecule has 0 atom stereocenters. The molecule has 0 N–H and O–H groups in total. The highest BCUT2D eigenvalue weighted by molar-refractivity contribution is 6.09. The van der Waals surface area contributed by atoms with E-state index in [-0.39, 0.29) is 11.4 Å². The van der Waals surface area contributed by atoms with Crippen LogP contribution in [-0.4, -0.2) is 36.5 Å². The SMILES string of the molecule is COC1(C)CCN(C2=C(C#N)C(=O)Cc3ccc(C)cc32)CC1. The van der Waals surface area contributed by atoms with Crippen molar-refractivity contribution in [3.63, 3.8) is 0 Å². The molecule has 0 radical (unpaired) electrons. The zero-order chi connectivity index (χ0) is 16.6. The summed E-state index contributed by atoms with van der Waals surface area (Å²) in [7, 11) is 1.75. The van der Waals surface area contributed by atoms with Crippen LogP contribution in [0.2, 0.25) is 0 Å². The van der Waals surface area contributed by atoms with Crippen LogP contribution in [0.5, 0.6) is 0 Å². The minimum Gasteiger partial charge on any atom is -0.378 e. The Morgan fingerprint density at radius 2 is 2.00 bits per heavy atom. The van der Waals surface area contributed by atoms with Gasteiger partial charge in [0.2, 0.25) is 0 Å². The molecule has 0 amide bonds. The van der Waals surface area contributed by atoms with Gasteiger partial charge >= 0.3 is 0 Å². The van der Waals surface area contributed by atoms with Crippen molar-refractivity contribution in [1.82, 2.24) is 4.90 Å². The van der Waals surface area contributed by atoms with Crippen LogP contribution in [-0.2, 0) is 16.0 Å². The number of ether oxygens (including phenoxy) is 1. The summed E-state index contributed by atoms with van der Waals surface area (Å²) in [5.74, 6) is -0.0704. The summed E-state index contributed by atoms with van der Waals surface area (Å²) in [6.45, 7) is 5.75. The lowest BCUT2D eigenvalue weighted by atomic mass is 9.85. The Morgan fingerprint density at radius 1 is 1.30 bits per heavy atom. The molecule has 0 saturated carbocycles. The number of hydrogen-bond donors (Lipinski definition) is 0. The summed E-state index contributed by atoms with van der Waals surface area (Å²) in [4.78, 5) is 14.6. The Morgan fingerprint density at radius 3 is 2.61 bits per heavy atom. The number of carbonyl (C=O) groups excluding carboxylic acids is 1. The van der Waals surface area contributed by atoms with Crippen molar-refractivity contribution >= 4 is 11.5 Å². The molecule has 2 aliphatic rings. The number of benzene rings is 1. The van der Waals surface area contributed by atoms with Gasteiger partial charge < -0.3 is 9.64 Å². The second kappa shape index (κ2) is 5.82. The maximum Gasteiger partial charge on any atom is 0.179 e. The van der Waals surface area contributed by atoms with E-state index in [0.29, 0.717) is 12.0 Å². The lowest BCUT2D eigenvalue weighted by molar-refractivity contribution is -0.114. The van der Waals surface area contributed by atoms with Crippen molar-refractivity contribution in [2.24, 2.45) is 0 Å². The van der Waals surface area contributed by atoms with Crippen molar-refractivity contribution in [2.75, 3.05) is 20.2 Å². The van der Waals surface area contributed by atoms with Crippen LogP contribution in [0.1, 0.15) is 36.5 Å². The van der Waals surface area contributed by atoms with E-state index in [2.05, 4.69) is 24.0 Å². The lowest BCUT2D eigenvalue weighted by Crippen LogP contribution is -2.43. The quantitative estimate of drug-likeness (QED) is 0.843. The second-order valence-corrected chi connectivity index (χ2v) is 6.74. The summed E-state index contributed by atoms with van der Waals surface area (Å²) in [6.07, 6.45) is 2.10. The molecule has 0 unspecified atom stereocenters. The van der Waals surface area contributed by atoms with Gasteiger partial charge in [-0.15, -0.1) is 0 Å². The van der Waals surface area contributed by atoms with Crippen molar-refractivity contribution in [3.05, 3.63) is 40.5 Å². The molecule has 23 heavy (non-hydrogen) atoms. The van der Waals surface area contributed by atoms with E-state index in [1.165, 1.54) is 0 Å². The molecule has 1 heterocycles. The molecule has 1 fully saturated rings. The van der Waals surface area contributed by atoms with Crippen LogP contribution in [0.15, 0.2) is 23.8 Å².